The number of benzene rings is 3. The third kappa shape index (κ3) is 6.78. The first-order valence-electron chi connectivity index (χ1n) is 13.3. The molecule has 0 saturated carbocycles. The van der Waals surface area contributed by atoms with E-state index < -0.39 is 0 Å². The number of fused-ring (bicyclic) bond motifs is 1. The number of imidazole rings is 1. The van der Waals surface area contributed by atoms with Crippen LogP contribution in [0.5, 0.6) is 0 Å². The Balaban J connectivity index is 1.41. The lowest BCUT2D eigenvalue weighted by Crippen LogP contribution is -2.25. The van der Waals surface area contributed by atoms with E-state index in [1.54, 1.807) is 37.5 Å². The highest BCUT2D eigenvalue weighted by molar-refractivity contribution is 7.98. The number of aromatic nitrogens is 3. The van der Waals surface area contributed by atoms with Gasteiger partial charge in [-0.25, -0.2) is 9.78 Å². The second-order valence-electron chi connectivity index (χ2n) is 9.26. The third-order valence-electron chi connectivity index (χ3n) is 6.60. The van der Waals surface area contributed by atoms with Gasteiger partial charge in [-0.05, 0) is 47.0 Å². The Morgan fingerprint density at radius 1 is 0.951 bits per heavy atom. The summed E-state index contributed by atoms with van der Waals surface area (Å²) in [6.07, 6.45) is 3.64. The number of pyridine rings is 1. The maximum absolute atomic E-state index is 12.5. The summed E-state index contributed by atoms with van der Waals surface area (Å²) in [6, 6.07) is 25.3. The molecule has 0 saturated heterocycles. The maximum atomic E-state index is 12.5. The molecule has 41 heavy (non-hydrogen) atoms. The molecule has 3 aromatic carbocycles. The van der Waals surface area contributed by atoms with Crippen LogP contribution < -0.4 is 5.32 Å². The van der Waals surface area contributed by atoms with Gasteiger partial charge in [-0.2, -0.15) is 0 Å². The molecule has 5 aromatic rings. The van der Waals surface area contributed by atoms with Crippen molar-refractivity contribution in [3.05, 3.63) is 124 Å². The molecule has 0 fully saturated rings. The van der Waals surface area contributed by atoms with Crippen molar-refractivity contribution in [2.24, 2.45) is 0 Å². The van der Waals surface area contributed by atoms with Crippen LogP contribution in [0, 0.1) is 0 Å². The fraction of sp³-hybridized carbons (Fsp3) is 0.188. The van der Waals surface area contributed by atoms with E-state index in [0.29, 0.717) is 53.8 Å². The Morgan fingerprint density at radius 3 is 2.51 bits per heavy atom. The number of carbonyl (C=O) groups excluding carboxylic acids is 2. The summed E-state index contributed by atoms with van der Waals surface area (Å²) >= 11 is 8.47. The second-order valence-corrected chi connectivity index (χ2v) is 10.6. The smallest absolute Gasteiger partial charge is 0.338 e. The predicted octanol–water partition coefficient (Wildman–Crippen LogP) is 6.57. The Kier molecular flexibility index (Phi) is 9.33. The molecule has 1 N–H and O–H groups in total. The van der Waals surface area contributed by atoms with Crippen molar-refractivity contribution >= 4 is 46.0 Å². The predicted molar refractivity (Wildman–Crippen MR) is 163 cm³/mol. The average molecular weight is 585 g/mol. The topological polar surface area (TPSA) is 86.1 Å². The molecule has 0 radical (unpaired) electrons. The lowest BCUT2D eigenvalue weighted by molar-refractivity contribution is 0.0525. The summed E-state index contributed by atoms with van der Waals surface area (Å²) < 4.78 is 7.26. The van der Waals surface area contributed by atoms with Crippen LogP contribution in [0.1, 0.15) is 44.5 Å². The van der Waals surface area contributed by atoms with Crippen molar-refractivity contribution in [3.63, 3.8) is 0 Å². The zero-order valence-corrected chi connectivity index (χ0v) is 24.1. The van der Waals surface area contributed by atoms with E-state index in [1.165, 1.54) is 11.8 Å². The van der Waals surface area contributed by atoms with Crippen molar-refractivity contribution < 1.29 is 14.3 Å². The minimum atomic E-state index is -0.341. The number of esters is 1. The van der Waals surface area contributed by atoms with Crippen LogP contribution in [0.25, 0.3) is 10.8 Å². The second kappa shape index (κ2) is 13.5. The summed E-state index contributed by atoms with van der Waals surface area (Å²) in [5, 5.41) is 6.49. The van der Waals surface area contributed by atoms with Gasteiger partial charge in [0.1, 0.15) is 5.15 Å². The number of carbonyl (C=O) groups is 2. The van der Waals surface area contributed by atoms with Crippen LogP contribution in [0.3, 0.4) is 0 Å². The van der Waals surface area contributed by atoms with Gasteiger partial charge in [-0.1, -0.05) is 84.0 Å². The largest absolute Gasteiger partial charge is 0.462 e. The monoisotopic (exact) mass is 584 g/mol. The van der Waals surface area contributed by atoms with E-state index in [1.807, 2.05) is 41.0 Å². The average Bonchev–Trinajstić information content (AvgIpc) is 3.30. The van der Waals surface area contributed by atoms with Crippen molar-refractivity contribution in [2.45, 2.75) is 30.8 Å². The van der Waals surface area contributed by atoms with Crippen LogP contribution in [-0.2, 0) is 23.5 Å². The molecule has 0 aliphatic carbocycles. The zero-order valence-electron chi connectivity index (χ0n) is 22.5. The van der Waals surface area contributed by atoms with Gasteiger partial charge >= 0.3 is 5.97 Å². The van der Waals surface area contributed by atoms with Gasteiger partial charge in [0.25, 0.3) is 5.91 Å². The number of nitrogens with zero attached hydrogens (tertiary/aromatic N) is 3. The molecule has 0 aliphatic rings. The molecule has 9 heteroatoms. The number of rotatable bonds is 11. The molecule has 0 atom stereocenters. The number of nitrogens with one attached hydrogen (secondary N) is 1. The maximum Gasteiger partial charge on any atom is 0.338 e. The molecule has 0 spiro atoms. The summed E-state index contributed by atoms with van der Waals surface area (Å²) in [4.78, 5) is 33.9. The molecule has 1 amide bonds. The zero-order chi connectivity index (χ0) is 28.6. The molecule has 208 valence electrons. The molecular weight excluding hydrogens is 556 g/mol. The number of thioether (sulfide) groups is 1. The summed E-state index contributed by atoms with van der Waals surface area (Å²) in [6.45, 7) is 3.01. The van der Waals surface area contributed by atoms with Crippen LogP contribution >= 0.6 is 23.4 Å². The SMILES string of the molecule is CCOC(=O)c1ccccc1CSc1nc(CCNC(=O)c2ccncc2)c(Cl)n1Cc1cccc2ccccc12. The normalized spacial score (nSPS) is 11.0. The van der Waals surface area contributed by atoms with Crippen molar-refractivity contribution in [1.29, 1.82) is 0 Å². The lowest BCUT2D eigenvalue weighted by atomic mass is 10.0. The van der Waals surface area contributed by atoms with E-state index in [9.17, 15) is 9.59 Å². The molecule has 2 aromatic heterocycles. The Morgan fingerprint density at radius 2 is 1.68 bits per heavy atom. The first-order chi connectivity index (χ1) is 20.0. The van der Waals surface area contributed by atoms with E-state index in [2.05, 4.69) is 34.6 Å². The Labute approximate surface area is 247 Å². The Hall–Kier alpha value is -4.14. The van der Waals surface area contributed by atoms with Crippen molar-refractivity contribution in [3.8, 4) is 0 Å². The molecule has 0 aliphatic heterocycles. The third-order valence-corrected chi connectivity index (χ3v) is 8.05. The number of amides is 1. The first-order valence-corrected chi connectivity index (χ1v) is 14.7. The van der Waals surface area contributed by atoms with Crippen LogP contribution in [0.4, 0.5) is 0 Å². The van der Waals surface area contributed by atoms with Gasteiger partial charge in [0.2, 0.25) is 0 Å². The highest BCUT2D eigenvalue weighted by atomic mass is 35.5. The fourth-order valence-corrected chi connectivity index (χ4v) is 5.91. The van der Waals surface area contributed by atoms with Crippen LogP contribution in [-0.4, -0.2) is 39.6 Å². The van der Waals surface area contributed by atoms with Gasteiger partial charge < -0.3 is 14.6 Å². The van der Waals surface area contributed by atoms with Gasteiger partial charge in [-0.3, -0.25) is 9.78 Å². The minimum absolute atomic E-state index is 0.177. The highest BCUT2D eigenvalue weighted by Gasteiger charge is 2.19. The summed E-state index contributed by atoms with van der Waals surface area (Å²) in [5.74, 6) is -0.00820. The molecule has 0 unspecified atom stereocenters. The van der Waals surface area contributed by atoms with Gasteiger partial charge in [-0.15, -0.1) is 0 Å². The van der Waals surface area contributed by atoms with Crippen LogP contribution in [0.15, 0.2) is 96.4 Å². The van der Waals surface area contributed by atoms with Crippen molar-refractivity contribution in [1.82, 2.24) is 19.9 Å². The molecule has 2 heterocycles. The summed E-state index contributed by atoms with van der Waals surface area (Å²) in [7, 11) is 0. The number of hydrogen-bond acceptors (Lipinski definition) is 6. The molecule has 0 bridgehead atoms. The van der Waals surface area contributed by atoms with Crippen LogP contribution in [0.2, 0.25) is 5.15 Å². The summed E-state index contributed by atoms with van der Waals surface area (Å²) in [5.41, 5.74) is 3.76. The van der Waals surface area contributed by atoms with E-state index >= 15 is 0 Å². The lowest BCUT2D eigenvalue weighted by Gasteiger charge is -2.12. The number of hydrogen-bond donors (Lipinski definition) is 1. The van der Waals surface area contributed by atoms with Gasteiger partial charge in [0.05, 0.1) is 24.4 Å². The standard InChI is InChI=1S/C32H29ClN4O3S/c1-2-40-31(39)27-13-6-4-9-25(27)21-41-32-36-28(16-19-35-30(38)23-14-17-34-18-15-23)29(33)37(32)20-24-11-7-10-22-8-3-5-12-26(22)24/h3-15,17-18H,2,16,19-21H2,1H3,(H,35,38). The first kappa shape index (κ1) is 28.4. The van der Waals surface area contributed by atoms with E-state index in [4.69, 9.17) is 21.3 Å². The Bertz CT molecular complexity index is 1670. The van der Waals surface area contributed by atoms with E-state index in [-0.39, 0.29) is 11.9 Å². The van der Waals surface area contributed by atoms with Gasteiger partial charge in [0.15, 0.2) is 5.16 Å². The van der Waals surface area contributed by atoms with Crippen molar-refractivity contribution in [2.75, 3.05) is 13.2 Å². The quantitative estimate of drug-likeness (QED) is 0.139. The van der Waals surface area contributed by atoms with Gasteiger partial charge in [0, 0.05) is 36.7 Å². The molecule has 5 rings (SSSR count). The molecular formula is C32H29ClN4O3S. The highest BCUT2D eigenvalue weighted by Crippen LogP contribution is 2.31. The molecule has 7 nitrogen and oxygen atoms in total. The number of ether oxygens (including phenoxy) is 1. The number of halogens is 1. The fourth-order valence-electron chi connectivity index (χ4n) is 4.56. The van der Waals surface area contributed by atoms with E-state index in [0.717, 1.165) is 27.1 Å². The minimum Gasteiger partial charge on any atom is -0.462 e.